The summed E-state index contributed by atoms with van der Waals surface area (Å²) in [5.41, 5.74) is 6.36. The zero-order chi connectivity index (χ0) is 20.1. The van der Waals surface area contributed by atoms with Crippen molar-refractivity contribution in [2.45, 2.75) is 38.1 Å². The van der Waals surface area contributed by atoms with Crippen molar-refractivity contribution in [3.63, 3.8) is 0 Å². The number of anilines is 1. The van der Waals surface area contributed by atoms with E-state index in [2.05, 4.69) is 10.3 Å². The van der Waals surface area contributed by atoms with Crippen molar-refractivity contribution in [2.24, 2.45) is 17.6 Å². The summed E-state index contributed by atoms with van der Waals surface area (Å²) >= 11 is 6.27. The largest absolute Gasteiger partial charge is 0.478 e. The van der Waals surface area contributed by atoms with E-state index in [1.54, 1.807) is 12.3 Å². The molecule has 1 aliphatic carbocycles. The molecule has 1 aromatic heterocycles. The molecular formula is C20H29Cl3N4O3. The fourth-order valence-electron chi connectivity index (χ4n) is 3.99. The molecule has 3 rings (SSSR count). The van der Waals surface area contributed by atoms with E-state index < -0.39 is 5.97 Å². The van der Waals surface area contributed by atoms with Gasteiger partial charge in [-0.3, -0.25) is 4.79 Å². The molecule has 30 heavy (non-hydrogen) atoms. The molecule has 0 radical (unpaired) electrons. The Bertz CT molecular complexity index is 755. The Labute approximate surface area is 194 Å². The molecule has 0 bridgehead atoms. The minimum atomic E-state index is -1.02. The Morgan fingerprint density at radius 3 is 2.57 bits per heavy atom. The molecular weight excluding hydrogens is 451 g/mol. The molecule has 1 amide bonds. The van der Waals surface area contributed by atoms with Gasteiger partial charge in [-0.15, -0.1) is 24.8 Å². The van der Waals surface area contributed by atoms with E-state index in [0.29, 0.717) is 28.9 Å². The third-order valence-electron chi connectivity index (χ3n) is 5.65. The summed E-state index contributed by atoms with van der Waals surface area (Å²) in [6.45, 7) is 2.11. The van der Waals surface area contributed by atoms with Gasteiger partial charge in [-0.1, -0.05) is 11.6 Å². The zero-order valence-electron chi connectivity index (χ0n) is 16.6. The van der Waals surface area contributed by atoms with Crippen LogP contribution in [-0.4, -0.2) is 52.5 Å². The van der Waals surface area contributed by atoms with Crippen LogP contribution in [0.15, 0.2) is 18.3 Å². The first-order valence-corrected chi connectivity index (χ1v) is 10.2. The van der Waals surface area contributed by atoms with Crippen molar-refractivity contribution in [3.05, 3.63) is 28.9 Å². The highest BCUT2D eigenvalue weighted by Crippen LogP contribution is 2.31. The molecule has 2 aliphatic rings. The summed E-state index contributed by atoms with van der Waals surface area (Å²) in [6, 6.07) is 1.78. The Hall–Kier alpha value is -1.54. The predicted octanol–water partition coefficient (Wildman–Crippen LogP) is 3.45. The monoisotopic (exact) mass is 478 g/mol. The van der Waals surface area contributed by atoms with Crippen LogP contribution in [0, 0.1) is 11.8 Å². The van der Waals surface area contributed by atoms with E-state index in [0.717, 1.165) is 51.3 Å². The molecule has 0 unspecified atom stereocenters. The normalized spacial score (nSPS) is 23.5. The van der Waals surface area contributed by atoms with E-state index in [9.17, 15) is 9.59 Å². The minimum Gasteiger partial charge on any atom is -0.478 e. The number of nitrogens with one attached hydrogen (secondary N) is 1. The highest BCUT2D eigenvalue weighted by Gasteiger charge is 2.33. The summed E-state index contributed by atoms with van der Waals surface area (Å²) < 4.78 is 0. The van der Waals surface area contributed by atoms with Crippen LogP contribution >= 0.6 is 36.4 Å². The summed E-state index contributed by atoms with van der Waals surface area (Å²) in [5, 5.41) is 12.4. The molecule has 168 valence electrons. The highest BCUT2D eigenvalue weighted by molar-refractivity contribution is 6.33. The second-order valence-electron chi connectivity index (χ2n) is 7.64. The van der Waals surface area contributed by atoms with Crippen molar-refractivity contribution < 1.29 is 14.7 Å². The number of likely N-dealkylation sites (tertiary alicyclic amines) is 1. The zero-order valence-corrected chi connectivity index (χ0v) is 19.0. The lowest BCUT2D eigenvalue weighted by Crippen LogP contribution is -2.38. The molecule has 4 N–H and O–H groups in total. The van der Waals surface area contributed by atoms with Crippen LogP contribution in [0.5, 0.6) is 0 Å². The van der Waals surface area contributed by atoms with Crippen molar-refractivity contribution in [1.29, 1.82) is 0 Å². The van der Waals surface area contributed by atoms with Crippen LogP contribution in [0.1, 0.15) is 37.7 Å². The predicted molar refractivity (Wildman–Crippen MR) is 124 cm³/mol. The Kier molecular flexibility index (Phi) is 10.9. The molecule has 1 aliphatic heterocycles. The van der Waals surface area contributed by atoms with Crippen LogP contribution in [0.25, 0.3) is 6.08 Å². The topological polar surface area (TPSA) is 109 Å². The number of hydrogen-bond donors (Lipinski definition) is 3. The van der Waals surface area contributed by atoms with Gasteiger partial charge < -0.3 is 21.1 Å². The summed E-state index contributed by atoms with van der Waals surface area (Å²) in [5.74, 6) is 0.484. The second kappa shape index (κ2) is 12.3. The molecule has 2 fully saturated rings. The molecule has 0 spiro atoms. The number of aromatic nitrogens is 1. The lowest BCUT2D eigenvalue weighted by Gasteiger charge is -2.30. The van der Waals surface area contributed by atoms with Gasteiger partial charge in [-0.2, -0.15) is 0 Å². The molecule has 1 saturated heterocycles. The van der Waals surface area contributed by atoms with Gasteiger partial charge in [0.2, 0.25) is 5.91 Å². The smallest absolute Gasteiger partial charge is 0.328 e. The van der Waals surface area contributed by atoms with Gasteiger partial charge in [-0.25, -0.2) is 9.78 Å². The Morgan fingerprint density at radius 2 is 1.97 bits per heavy atom. The van der Waals surface area contributed by atoms with Gasteiger partial charge >= 0.3 is 5.97 Å². The number of pyridine rings is 1. The number of hydrogen-bond acceptors (Lipinski definition) is 5. The number of halogens is 3. The van der Waals surface area contributed by atoms with Crippen LogP contribution in [0.3, 0.4) is 0 Å². The molecule has 1 aromatic rings. The van der Waals surface area contributed by atoms with Crippen LogP contribution in [-0.2, 0) is 9.59 Å². The molecule has 2 heterocycles. The lowest BCUT2D eigenvalue weighted by atomic mass is 9.81. The average molecular weight is 480 g/mol. The molecule has 1 atom stereocenters. The summed E-state index contributed by atoms with van der Waals surface area (Å²) in [4.78, 5) is 29.6. The fourth-order valence-corrected chi connectivity index (χ4v) is 4.22. The number of nitrogens with two attached hydrogens (primary N) is 1. The number of carbonyl (C=O) groups excluding carboxylic acids is 1. The maximum Gasteiger partial charge on any atom is 0.328 e. The van der Waals surface area contributed by atoms with E-state index >= 15 is 0 Å². The van der Waals surface area contributed by atoms with Gasteiger partial charge in [0.25, 0.3) is 0 Å². The molecule has 10 heteroatoms. The first-order valence-electron chi connectivity index (χ1n) is 9.78. The first-order chi connectivity index (χ1) is 13.5. The van der Waals surface area contributed by atoms with Crippen molar-refractivity contribution >= 4 is 60.2 Å². The molecule has 0 aromatic carbocycles. The lowest BCUT2D eigenvalue weighted by molar-refractivity contribution is -0.135. The van der Waals surface area contributed by atoms with Gasteiger partial charge in [-0.05, 0) is 62.3 Å². The van der Waals surface area contributed by atoms with E-state index in [4.69, 9.17) is 22.4 Å². The third-order valence-corrected chi connectivity index (χ3v) is 5.94. The quantitative estimate of drug-likeness (QED) is 0.539. The van der Waals surface area contributed by atoms with E-state index in [-0.39, 0.29) is 42.7 Å². The maximum absolute atomic E-state index is 12.8. The average Bonchev–Trinajstić information content (AvgIpc) is 3.16. The summed E-state index contributed by atoms with van der Waals surface area (Å²) in [7, 11) is 0. The first kappa shape index (κ1) is 26.5. The van der Waals surface area contributed by atoms with Gasteiger partial charge in [0.15, 0.2) is 0 Å². The van der Waals surface area contributed by atoms with E-state index in [1.807, 2.05) is 4.90 Å². The maximum atomic E-state index is 12.8. The number of nitrogens with zero attached hydrogens (tertiary/aromatic N) is 2. The number of carboxylic acids is 1. The van der Waals surface area contributed by atoms with Gasteiger partial charge in [0, 0.05) is 37.3 Å². The fraction of sp³-hybridized carbons (Fsp3) is 0.550. The standard InChI is InChI=1S/C20H27ClN4O3.2ClH/c21-17-9-14(3-6-18(26)27)11-23-19(17)24-16-7-8-25(12-16)20(28)15-4-1-13(10-22)2-5-15;;/h3,6,9,11,13,15-16H,1-2,4-5,7-8,10,12,22H2,(H,23,24)(H,26,27);2*1H/b6-3+;;/t13-,15-,16-;;/m1../s1. The summed E-state index contributed by atoms with van der Waals surface area (Å²) in [6.07, 6.45) is 8.88. The second-order valence-corrected chi connectivity index (χ2v) is 8.05. The number of carbonyl (C=O) groups is 2. The molecule has 7 nitrogen and oxygen atoms in total. The van der Waals surface area contributed by atoms with Crippen molar-refractivity contribution in [2.75, 3.05) is 25.0 Å². The van der Waals surface area contributed by atoms with Crippen LogP contribution < -0.4 is 11.1 Å². The van der Waals surface area contributed by atoms with Gasteiger partial charge in [0.05, 0.1) is 5.02 Å². The Morgan fingerprint density at radius 1 is 1.27 bits per heavy atom. The molecule has 1 saturated carbocycles. The van der Waals surface area contributed by atoms with Crippen LogP contribution in [0.4, 0.5) is 5.82 Å². The Balaban J connectivity index is 0.00000225. The van der Waals surface area contributed by atoms with Gasteiger partial charge in [0.1, 0.15) is 5.82 Å². The number of rotatable bonds is 6. The highest BCUT2D eigenvalue weighted by atomic mass is 35.5. The number of carboxylic acid groups (broad SMARTS) is 1. The number of amides is 1. The SMILES string of the molecule is Cl.Cl.NC[C@H]1CC[C@H](C(=O)N2CC[C@@H](Nc3ncc(/C=C/C(=O)O)cc3Cl)C2)CC1. The third kappa shape index (κ3) is 7.01. The minimum absolute atomic E-state index is 0. The van der Waals surface area contributed by atoms with Crippen molar-refractivity contribution in [1.82, 2.24) is 9.88 Å². The number of aliphatic carboxylic acids is 1. The van der Waals surface area contributed by atoms with Crippen LogP contribution in [0.2, 0.25) is 5.02 Å². The van der Waals surface area contributed by atoms with Crippen molar-refractivity contribution in [3.8, 4) is 0 Å². The van der Waals surface area contributed by atoms with E-state index in [1.165, 1.54) is 6.08 Å².